The lowest BCUT2D eigenvalue weighted by Crippen LogP contribution is -2.41. The van der Waals surface area contributed by atoms with Gasteiger partial charge in [0.1, 0.15) is 11.9 Å². The lowest BCUT2D eigenvalue weighted by molar-refractivity contribution is -0.125. The van der Waals surface area contributed by atoms with E-state index in [4.69, 9.17) is 9.72 Å². The van der Waals surface area contributed by atoms with Crippen LogP contribution in [0.3, 0.4) is 0 Å². The van der Waals surface area contributed by atoms with E-state index in [-0.39, 0.29) is 17.9 Å². The number of ether oxygens (including phenoxy) is 1. The number of nitrogens with one attached hydrogen (secondary N) is 1. The van der Waals surface area contributed by atoms with E-state index >= 15 is 0 Å². The second-order valence-electron chi connectivity index (χ2n) is 9.75. The molecule has 1 aliphatic rings. The summed E-state index contributed by atoms with van der Waals surface area (Å²) in [4.78, 5) is 30.8. The summed E-state index contributed by atoms with van der Waals surface area (Å²) in [6.07, 6.45) is 7.04. The number of hydrogen-bond donors (Lipinski definition) is 1. The van der Waals surface area contributed by atoms with Gasteiger partial charge in [-0.15, -0.1) is 0 Å². The Morgan fingerprint density at radius 2 is 1.65 bits per heavy atom. The number of aryl methyl sites for hydroxylation is 1. The Morgan fingerprint density at radius 1 is 0.946 bits per heavy atom. The highest BCUT2D eigenvalue weighted by molar-refractivity contribution is 5.90. The predicted molar refractivity (Wildman–Crippen MR) is 145 cm³/mol. The van der Waals surface area contributed by atoms with Crippen LogP contribution in [-0.4, -0.2) is 34.6 Å². The number of carbonyl (C=O) groups excluding carboxylic acids is 2. The quantitative estimate of drug-likeness (QED) is 0.299. The molecule has 1 heterocycles. The summed E-state index contributed by atoms with van der Waals surface area (Å²) in [7, 11) is 1.37. The molecule has 1 amide bonds. The molecule has 0 radical (unpaired) electrons. The summed E-state index contributed by atoms with van der Waals surface area (Å²) >= 11 is 0. The van der Waals surface area contributed by atoms with Crippen molar-refractivity contribution in [3.8, 4) is 11.4 Å². The third-order valence-corrected chi connectivity index (χ3v) is 7.28. The fraction of sp³-hybridized carbons (Fsp3) is 0.323. The molecule has 1 aromatic heterocycles. The summed E-state index contributed by atoms with van der Waals surface area (Å²) in [5.74, 6) is 0.375. The molecule has 0 spiro atoms. The van der Waals surface area contributed by atoms with E-state index in [1.807, 2.05) is 54.6 Å². The van der Waals surface area contributed by atoms with Crippen LogP contribution in [0.2, 0.25) is 0 Å². The molecule has 3 aromatic carbocycles. The summed E-state index contributed by atoms with van der Waals surface area (Å²) in [5.41, 5.74) is 4.28. The Labute approximate surface area is 217 Å². The van der Waals surface area contributed by atoms with Crippen LogP contribution in [-0.2, 0) is 16.0 Å². The Kier molecular flexibility index (Phi) is 7.64. The molecular weight excluding hydrogens is 462 g/mol. The minimum Gasteiger partial charge on any atom is -0.465 e. The van der Waals surface area contributed by atoms with Gasteiger partial charge in [-0.1, -0.05) is 73.9 Å². The zero-order valence-electron chi connectivity index (χ0n) is 21.2. The number of carbonyl (C=O) groups is 2. The van der Waals surface area contributed by atoms with Crippen molar-refractivity contribution in [2.45, 2.75) is 57.0 Å². The summed E-state index contributed by atoms with van der Waals surface area (Å²) in [5, 5.41) is 3.37. The van der Waals surface area contributed by atoms with Crippen molar-refractivity contribution in [2.24, 2.45) is 0 Å². The second kappa shape index (κ2) is 11.4. The fourth-order valence-electron chi connectivity index (χ4n) is 5.31. The first-order valence-electron chi connectivity index (χ1n) is 13.1. The maximum absolute atomic E-state index is 13.9. The number of nitrogens with zero attached hydrogens (tertiary/aromatic N) is 2. The normalized spacial score (nSPS) is 14.8. The molecule has 1 aliphatic carbocycles. The number of rotatable bonds is 8. The van der Waals surface area contributed by atoms with Gasteiger partial charge in [0.15, 0.2) is 0 Å². The summed E-state index contributed by atoms with van der Waals surface area (Å²) < 4.78 is 6.94. The molecular formula is C31H33N3O3. The van der Waals surface area contributed by atoms with Crippen LogP contribution in [0.1, 0.15) is 60.5 Å². The number of esters is 1. The average Bonchev–Trinajstić information content (AvgIpc) is 3.33. The highest BCUT2D eigenvalue weighted by atomic mass is 16.5. The second-order valence-corrected chi connectivity index (χ2v) is 9.75. The van der Waals surface area contributed by atoms with Gasteiger partial charge in [0.2, 0.25) is 5.91 Å². The van der Waals surface area contributed by atoms with Crippen LogP contribution < -0.4 is 5.32 Å². The molecule has 1 unspecified atom stereocenters. The van der Waals surface area contributed by atoms with Crippen molar-refractivity contribution in [2.75, 3.05) is 7.11 Å². The van der Waals surface area contributed by atoms with Gasteiger partial charge in [-0.3, -0.25) is 4.79 Å². The molecule has 1 saturated carbocycles. The number of fused-ring (bicyclic) bond motifs is 1. The van der Waals surface area contributed by atoms with Crippen molar-refractivity contribution >= 4 is 22.9 Å². The Bertz CT molecular complexity index is 1360. The van der Waals surface area contributed by atoms with E-state index in [9.17, 15) is 9.59 Å². The first kappa shape index (κ1) is 24.8. The van der Waals surface area contributed by atoms with Gasteiger partial charge in [-0.25, -0.2) is 9.78 Å². The molecule has 190 valence electrons. The van der Waals surface area contributed by atoms with E-state index in [0.717, 1.165) is 54.5 Å². The highest BCUT2D eigenvalue weighted by Gasteiger charge is 2.28. The number of benzene rings is 3. The fourth-order valence-corrected chi connectivity index (χ4v) is 5.31. The van der Waals surface area contributed by atoms with Gasteiger partial charge in [0.05, 0.1) is 23.7 Å². The molecule has 1 atom stereocenters. The third-order valence-electron chi connectivity index (χ3n) is 7.28. The average molecular weight is 496 g/mol. The van der Waals surface area contributed by atoms with E-state index in [2.05, 4.69) is 22.0 Å². The van der Waals surface area contributed by atoms with Gasteiger partial charge < -0.3 is 14.6 Å². The van der Waals surface area contributed by atoms with E-state index in [1.165, 1.54) is 19.1 Å². The van der Waals surface area contributed by atoms with Crippen molar-refractivity contribution < 1.29 is 14.3 Å². The van der Waals surface area contributed by atoms with E-state index < -0.39 is 6.04 Å². The van der Waals surface area contributed by atoms with Gasteiger partial charge in [0.25, 0.3) is 0 Å². The third kappa shape index (κ3) is 5.58. The SMILES string of the molecule is COC(=O)c1ccc(-c2nc3ccccc3n2C(CCc2ccccc2)C(=O)NC2CCCCC2)cc1. The van der Waals surface area contributed by atoms with Gasteiger partial charge in [-0.05, 0) is 55.5 Å². The van der Waals surface area contributed by atoms with Crippen LogP contribution in [0.5, 0.6) is 0 Å². The van der Waals surface area contributed by atoms with Gasteiger partial charge in [0, 0.05) is 11.6 Å². The monoisotopic (exact) mass is 495 g/mol. The summed E-state index contributed by atoms with van der Waals surface area (Å²) in [6.45, 7) is 0. The number of aromatic nitrogens is 2. The first-order chi connectivity index (χ1) is 18.1. The molecule has 0 bridgehead atoms. The molecule has 0 saturated heterocycles. The standard InChI is InChI=1S/C31H33N3O3/c1-37-31(36)24-19-17-23(18-20-24)29-33-26-14-8-9-15-27(26)34(29)28(21-16-22-10-4-2-5-11-22)30(35)32-25-12-6-3-7-13-25/h2,4-5,8-11,14-15,17-20,25,28H,3,6-7,12-13,16,21H2,1H3,(H,32,35). The van der Waals surface area contributed by atoms with Crippen LogP contribution >= 0.6 is 0 Å². The Balaban J connectivity index is 1.55. The van der Waals surface area contributed by atoms with E-state index in [0.29, 0.717) is 12.0 Å². The largest absolute Gasteiger partial charge is 0.465 e. The minimum atomic E-state index is -0.426. The number of para-hydroxylation sites is 2. The van der Waals surface area contributed by atoms with Crippen molar-refractivity contribution in [1.29, 1.82) is 0 Å². The first-order valence-corrected chi connectivity index (χ1v) is 13.1. The zero-order chi connectivity index (χ0) is 25.6. The maximum atomic E-state index is 13.9. The van der Waals surface area contributed by atoms with Gasteiger partial charge in [-0.2, -0.15) is 0 Å². The zero-order valence-corrected chi connectivity index (χ0v) is 21.2. The molecule has 4 aromatic rings. The van der Waals surface area contributed by atoms with Gasteiger partial charge >= 0.3 is 5.97 Å². The number of imidazole rings is 1. The maximum Gasteiger partial charge on any atom is 0.337 e. The molecule has 0 aliphatic heterocycles. The molecule has 1 fully saturated rings. The molecule has 6 heteroatoms. The Hall–Kier alpha value is -3.93. The Morgan fingerprint density at radius 3 is 2.38 bits per heavy atom. The molecule has 5 rings (SSSR count). The minimum absolute atomic E-state index is 0.0402. The lowest BCUT2D eigenvalue weighted by Gasteiger charge is -2.27. The topological polar surface area (TPSA) is 73.2 Å². The molecule has 37 heavy (non-hydrogen) atoms. The van der Waals surface area contributed by atoms with E-state index in [1.54, 1.807) is 12.1 Å². The number of hydrogen-bond acceptors (Lipinski definition) is 4. The van der Waals surface area contributed by atoms with Crippen molar-refractivity contribution in [1.82, 2.24) is 14.9 Å². The molecule has 6 nitrogen and oxygen atoms in total. The van der Waals surface area contributed by atoms with Crippen LogP contribution in [0.15, 0.2) is 78.9 Å². The number of amides is 1. The predicted octanol–water partition coefficient (Wildman–Crippen LogP) is 6.11. The van der Waals surface area contributed by atoms with Crippen molar-refractivity contribution in [3.63, 3.8) is 0 Å². The molecule has 1 N–H and O–H groups in total. The lowest BCUT2D eigenvalue weighted by atomic mass is 9.95. The number of methoxy groups -OCH3 is 1. The van der Waals surface area contributed by atoms with Crippen LogP contribution in [0, 0.1) is 0 Å². The van der Waals surface area contributed by atoms with Crippen LogP contribution in [0.4, 0.5) is 0 Å². The smallest absolute Gasteiger partial charge is 0.337 e. The highest BCUT2D eigenvalue weighted by Crippen LogP contribution is 2.32. The summed E-state index contributed by atoms with van der Waals surface area (Å²) in [6, 6.07) is 25.3. The van der Waals surface area contributed by atoms with Crippen LogP contribution in [0.25, 0.3) is 22.4 Å². The van der Waals surface area contributed by atoms with Crippen molar-refractivity contribution in [3.05, 3.63) is 90.0 Å².